The fourth-order valence-electron chi connectivity index (χ4n) is 5.31. The third-order valence-electron chi connectivity index (χ3n) is 6.83. The number of aliphatic carboxylic acids is 1. The summed E-state index contributed by atoms with van der Waals surface area (Å²) in [6.07, 6.45) is 7.98. The molecule has 6 atom stereocenters. The quantitative estimate of drug-likeness (QED) is 0.396. The van der Waals surface area contributed by atoms with E-state index in [9.17, 15) is 14.4 Å². The summed E-state index contributed by atoms with van der Waals surface area (Å²) in [4.78, 5) is 35.7. The Morgan fingerprint density at radius 3 is 2.57 bits per heavy atom. The first kappa shape index (κ1) is 22.4. The Labute approximate surface area is 178 Å². The lowest BCUT2D eigenvalue weighted by atomic mass is 9.61. The summed E-state index contributed by atoms with van der Waals surface area (Å²) in [5.74, 6) is -0.670. The van der Waals surface area contributed by atoms with Gasteiger partial charge in [0, 0.05) is 30.3 Å². The highest BCUT2D eigenvalue weighted by Gasteiger charge is 2.52. The van der Waals surface area contributed by atoms with Gasteiger partial charge in [-0.3, -0.25) is 9.59 Å². The van der Waals surface area contributed by atoms with Gasteiger partial charge in [0.15, 0.2) is 0 Å². The van der Waals surface area contributed by atoms with Crippen molar-refractivity contribution >= 4 is 17.5 Å². The van der Waals surface area contributed by atoms with E-state index in [2.05, 4.69) is 19.1 Å². The molecule has 5 nitrogen and oxygen atoms in total. The first-order chi connectivity index (χ1) is 13.9. The summed E-state index contributed by atoms with van der Waals surface area (Å²) >= 11 is 0. The number of carboxylic acid groups (broad SMARTS) is 1. The van der Waals surface area contributed by atoms with Crippen LogP contribution < -0.4 is 0 Å². The number of ether oxygens (including phenoxy) is 1. The zero-order chi connectivity index (χ0) is 22.4. The van der Waals surface area contributed by atoms with E-state index in [-0.39, 0.29) is 41.3 Å². The molecule has 0 aromatic carbocycles. The molecule has 0 aromatic heterocycles. The van der Waals surface area contributed by atoms with E-state index in [1.165, 1.54) is 5.57 Å². The number of carbonyl (C=O) groups is 3. The van der Waals surface area contributed by atoms with E-state index in [1.807, 2.05) is 27.7 Å². The molecule has 0 spiro atoms. The molecule has 0 aromatic rings. The van der Waals surface area contributed by atoms with Gasteiger partial charge in [0.05, 0.1) is 0 Å². The average molecular weight is 413 g/mol. The van der Waals surface area contributed by atoms with Crippen LogP contribution >= 0.6 is 0 Å². The number of epoxide rings is 1. The third kappa shape index (κ3) is 4.27. The van der Waals surface area contributed by atoms with Gasteiger partial charge in [-0.25, -0.2) is 4.79 Å². The lowest BCUT2D eigenvalue weighted by Crippen LogP contribution is -2.39. The maximum atomic E-state index is 12.8. The second kappa shape index (κ2) is 8.10. The SMILES string of the molecule is CC(=O)CC1=C(C)C=C2CC(C)C(=O)C(C)C2C1/C=C(\C)C1OC1(C)/C=C/C(=O)O. The van der Waals surface area contributed by atoms with Gasteiger partial charge in [0.1, 0.15) is 23.3 Å². The molecule has 162 valence electrons. The Morgan fingerprint density at radius 1 is 1.30 bits per heavy atom. The fourth-order valence-corrected chi connectivity index (χ4v) is 5.31. The van der Waals surface area contributed by atoms with Crippen LogP contribution in [-0.2, 0) is 19.1 Å². The van der Waals surface area contributed by atoms with Crippen molar-refractivity contribution in [1.82, 2.24) is 0 Å². The van der Waals surface area contributed by atoms with Gasteiger partial charge >= 0.3 is 5.97 Å². The number of fused-ring (bicyclic) bond motifs is 1. The van der Waals surface area contributed by atoms with Crippen LogP contribution in [0.15, 0.2) is 46.6 Å². The van der Waals surface area contributed by atoms with Gasteiger partial charge in [-0.1, -0.05) is 42.7 Å². The zero-order valence-electron chi connectivity index (χ0n) is 18.7. The molecule has 1 heterocycles. The van der Waals surface area contributed by atoms with Gasteiger partial charge in [0.25, 0.3) is 0 Å². The van der Waals surface area contributed by atoms with E-state index in [0.717, 1.165) is 29.2 Å². The highest BCUT2D eigenvalue weighted by Crippen LogP contribution is 2.49. The Balaban J connectivity index is 1.98. The highest BCUT2D eigenvalue weighted by molar-refractivity contribution is 5.86. The minimum absolute atomic E-state index is 0.0200. The number of hydrogen-bond donors (Lipinski definition) is 1. The molecule has 1 saturated heterocycles. The zero-order valence-corrected chi connectivity index (χ0v) is 18.7. The van der Waals surface area contributed by atoms with Crippen molar-refractivity contribution in [1.29, 1.82) is 0 Å². The van der Waals surface area contributed by atoms with E-state index in [0.29, 0.717) is 6.42 Å². The van der Waals surface area contributed by atoms with Crippen molar-refractivity contribution in [3.8, 4) is 0 Å². The van der Waals surface area contributed by atoms with Crippen molar-refractivity contribution in [2.45, 2.75) is 66.1 Å². The molecule has 0 radical (unpaired) electrons. The standard InChI is InChI=1S/C25H32O5/c1-13-9-18-10-14(2)23(29)17(5)22(18)20(19(13)12-16(4)26)11-15(3)24-25(6,30-24)8-7-21(27)28/h7-9,11,14,17,20,22,24H,10,12H2,1-6H3,(H,27,28)/b8-7+,15-11+. The van der Waals surface area contributed by atoms with Crippen LogP contribution in [-0.4, -0.2) is 34.3 Å². The molecular weight excluding hydrogens is 380 g/mol. The second-order valence-corrected chi connectivity index (χ2v) is 9.42. The van der Waals surface area contributed by atoms with Crippen LogP contribution in [0.2, 0.25) is 0 Å². The smallest absolute Gasteiger partial charge is 0.328 e. The monoisotopic (exact) mass is 412 g/mol. The van der Waals surface area contributed by atoms with Crippen molar-refractivity contribution in [2.24, 2.45) is 23.7 Å². The Hall–Kier alpha value is -2.27. The van der Waals surface area contributed by atoms with E-state index in [4.69, 9.17) is 9.84 Å². The Morgan fingerprint density at radius 2 is 1.97 bits per heavy atom. The molecule has 1 aliphatic heterocycles. The highest BCUT2D eigenvalue weighted by atomic mass is 16.6. The van der Waals surface area contributed by atoms with Crippen LogP contribution in [0.5, 0.6) is 0 Å². The Bertz CT molecular complexity index is 902. The maximum Gasteiger partial charge on any atom is 0.328 e. The normalized spacial score (nSPS) is 36.6. The lowest BCUT2D eigenvalue weighted by Gasteiger charge is -2.42. The van der Waals surface area contributed by atoms with Crippen molar-refractivity contribution in [2.75, 3.05) is 0 Å². The predicted molar refractivity (Wildman–Crippen MR) is 115 cm³/mol. The maximum absolute atomic E-state index is 12.8. The van der Waals surface area contributed by atoms with Crippen molar-refractivity contribution < 1.29 is 24.2 Å². The van der Waals surface area contributed by atoms with Crippen molar-refractivity contribution in [3.63, 3.8) is 0 Å². The molecule has 30 heavy (non-hydrogen) atoms. The summed E-state index contributed by atoms with van der Waals surface area (Å²) in [6, 6.07) is 0. The number of carbonyl (C=O) groups excluding carboxylic acids is 2. The largest absolute Gasteiger partial charge is 0.478 e. The van der Waals surface area contributed by atoms with E-state index >= 15 is 0 Å². The van der Waals surface area contributed by atoms with Gasteiger partial charge in [0.2, 0.25) is 0 Å². The summed E-state index contributed by atoms with van der Waals surface area (Å²) < 4.78 is 5.82. The molecule has 5 heteroatoms. The number of hydrogen-bond acceptors (Lipinski definition) is 4. The number of allylic oxidation sites excluding steroid dienone is 5. The van der Waals surface area contributed by atoms with Crippen LogP contribution in [0.3, 0.4) is 0 Å². The third-order valence-corrected chi connectivity index (χ3v) is 6.83. The van der Waals surface area contributed by atoms with Crippen molar-refractivity contribution in [3.05, 3.63) is 46.6 Å². The number of Topliss-reactive ketones (excluding diaryl/α,β-unsaturated/α-hetero) is 2. The topological polar surface area (TPSA) is 84.0 Å². The van der Waals surface area contributed by atoms with Gasteiger partial charge in [-0.2, -0.15) is 0 Å². The average Bonchev–Trinajstić information content (AvgIpc) is 3.33. The van der Waals surface area contributed by atoms with E-state index in [1.54, 1.807) is 13.0 Å². The number of rotatable bonds is 6. The first-order valence-electron chi connectivity index (χ1n) is 10.7. The van der Waals surface area contributed by atoms with Gasteiger partial charge < -0.3 is 9.84 Å². The molecule has 2 aliphatic carbocycles. The second-order valence-electron chi connectivity index (χ2n) is 9.42. The molecule has 1 N–H and O–H groups in total. The molecule has 2 fully saturated rings. The van der Waals surface area contributed by atoms with Gasteiger partial charge in [-0.15, -0.1) is 0 Å². The summed E-state index contributed by atoms with van der Waals surface area (Å²) in [5, 5.41) is 8.91. The lowest BCUT2D eigenvalue weighted by molar-refractivity contribution is -0.131. The summed E-state index contributed by atoms with van der Waals surface area (Å²) in [7, 11) is 0. The predicted octanol–water partition coefficient (Wildman–Crippen LogP) is 4.44. The minimum atomic E-state index is -1.000. The summed E-state index contributed by atoms with van der Waals surface area (Å²) in [5.41, 5.74) is 3.86. The van der Waals surface area contributed by atoms with Crippen LogP contribution in [0.1, 0.15) is 54.4 Å². The van der Waals surface area contributed by atoms with Crippen LogP contribution in [0, 0.1) is 23.7 Å². The molecular formula is C25H32O5. The number of ketones is 2. The fraction of sp³-hybridized carbons (Fsp3) is 0.560. The molecule has 3 aliphatic rings. The van der Waals surface area contributed by atoms with Gasteiger partial charge in [-0.05, 0) is 51.7 Å². The molecule has 3 rings (SSSR count). The minimum Gasteiger partial charge on any atom is -0.478 e. The molecule has 6 unspecified atom stereocenters. The Kier molecular flexibility index (Phi) is 6.06. The first-order valence-corrected chi connectivity index (χ1v) is 10.7. The summed E-state index contributed by atoms with van der Waals surface area (Å²) in [6.45, 7) is 11.5. The van der Waals surface area contributed by atoms with E-state index < -0.39 is 11.6 Å². The molecule has 0 bridgehead atoms. The molecule has 0 amide bonds. The van der Waals surface area contributed by atoms with Crippen LogP contribution in [0.4, 0.5) is 0 Å². The molecule has 1 saturated carbocycles. The van der Waals surface area contributed by atoms with Crippen LogP contribution in [0.25, 0.3) is 0 Å². The number of carboxylic acids is 1.